The fourth-order valence-corrected chi connectivity index (χ4v) is 0.757. The van der Waals surface area contributed by atoms with E-state index in [0.717, 1.165) is 0 Å². The van der Waals surface area contributed by atoms with Crippen LogP contribution in [0.4, 0.5) is 0 Å². The summed E-state index contributed by atoms with van der Waals surface area (Å²) in [6.45, 7) is 1.98. The number of amides is 1. The van der Waals surface area contributed by atoms with E-state index < -0.39 is 0 Å². The Morgan fingerprint density at radius 3 is 2.00 bits per heavy atom. The van der Waals surface area contributed by atoms with E-state index >= 15 is 0 Å². The molecular formula is C9H14N2O. The standard InChI is InChI=1S/C8H11N.CH3NO/c1-7(9)8-5-3-2-4-6-8;2-1-3/h2-7H,9H2,1H3;1H,(H2,2,3)/t7-;/m0./s1. The number of benzene rings is 1. The first-order valence-corrected chi connectivity index (χ1v) is 3.68. The Balaban J connectivity index is 0.000000354. The van der Waals surface area contributed by atoms with Gasteiger partial charge in [-0.1, -0.05) is 30.3 Å². The lowest BCUT2D eigenvalue weighted by Gasteiger charge is -2.02. The number of primary amides is 1. The summed E-state index contributed by atoms with van der Waals surface area (Å²) < 4.78 is 0. The summed E-state index contributed by atoms with van der Waals surface area (Å²) in [5.41, 5.74) is 11.0. The second-order valence-corrected chi connectivity index (χ2v) is 2.34. The lowest BCUT2D eigenvalue weighted by atomic mass is 10.1. The summed E-state index contributed by atoms with van der Waals surface area (Å²) in [6, 6.07) is 10.2. The van der Waals surface area contributed by atoms with Crippen molar-refractivity contribution in [2.24, 2.45) is 11.5 Å². The van der Waals surface area contributed by atoms with Gasteiger partial charge in [0.25, 0.3) is 0 Å². The van der Waals surface area contributed by atoms with Crippen molar-refractivity contribution in [1.29, 1.82) is 0 Å². The summed E-state index contributed by atoms with van der Waals surface area (Å²) in [7, 11) is 0. The molecule has 0 fully saturated rings. The lowest BCUT2D eigenvalue weighted by molar-refractivity contribution is -0.106. The topological polar surface area (TPSA) is 69.1 Å². The van der Waals surface area contributed by atoms with Gasteiger partial charge in [-0.2, -0.15) is 0 Å². The molecule has 4 N–H and O–H groups in total. The minimum Gasteiger partial charge on any atom is -0.372 e. The van der Waals surface area contributed by atoms with Crippen molar-refractivity contribution in [3.8, 4) is 0 Å². The van der Waals surface area contributed by atoms with E-state index in [2.05, 4.69) is 5.73 Å². The highest BCUT2D eigenvalue weighted by molar-refractivity contribution is 5.42. The molecule has 12 heavy (non-hydrogen) atoms. The van der Waals surface area contributed by atoms with Gasteiger partial charge in [0.1, 0.15) is 0 Å². The van der Waals surface area contributed by atoms with Gasteiger partial charge < -0.3 is 11.5 Å². The Morgan fingerprint density at radius 1 is 1.33 bits per heavy atom. The molecule has 0 saturated carbocycles. The van der Waals surface area contributed by atoms with E-state index in [4.69, 9.17) is 10.5 Å². The fraction of sp³-hybridized carbons (Fsp3) is 0.222. The molecule has 0 radical (unpaired) electrons. The van der Waals surface area contributed by atoms with Crippen LogP contribution in [0.25, 0.3) is 0 Å². The Bertz CT molecular complexity index is 209. The molecular weight excluding hydrogens is 152 g/mol. The molecule has 1 rings (SSSR count). The first-order valence-electron chi connectivity index (χ1n) is 3.68. The van der Waals surface area contributed by atoms with Gasteiger partial charge >= 0.3 is 0 Å². The van der Waals surface area contributed by atoms with Crippen LogP contribution in [0.1, 0.15) is 18.5 Å². The van der Waals surface area contributed by atoms with Crippen LogP contribution < -0.4 is 11.5 Å². The van der Waals surface area contributed by atoms with Crippen molar-refractivity contribution in [2.75, 3.05) is 0 Å². The minimum absolute atomic E-state index is 0.159. The molecule has 1 aromatic carbocycles. The molecule has 0 saturated heterocycles. The van der Waals surface area contributed by atoms with E-state index in [-0.39, 0.29) is 12.5 Å². The number of rotatable bonds is 1. The molecule has 3 nitrogen and oxygen atoms in total. The first-order chi connectivity index (χ1) is 5.72. The van der Waals surface area contributed by atoms with E-state index in [9.17, 15) is 0 Å². The summed E-state index contributed by atoms with van der Waals surface area (Å²) in [4.78, 5) is 8.58. The predicted molar refractivity (Wildman–Crippen MR) is 49.3 cm³/mol. The zero-order valence-corrected chi connectivity index (χ0v) is 7.10. The summed E-state index contributed by atoms with van der Waals surface area (Å²) >= 11 is 0. The third kappa shape index (κ3) is 4.46. The van der Waals surface area contributed by atoms with Crippen LogP contribution in [-0.4, -0.2) is 6.41 Å². The van der Waals surface area contributed by atoms with Crippen molar-refractivity contribution in [1.82, 2.24) is 0 Å². The molecule has 1 aromatic rings. The Hall–Kier alpha value is -1.35. The molecule has 0 aliphatic rings. The molecule has 3 heteroatoms. The van der Waals surface area contributed by atoms with Crippen LogP contribution >= 0.6 is 0 Å². The fourth-order valence-electron chi connectivity index (χ4n) is 0.757. The van der Waals surface area contributed by atoms with Crippen molar-refractivity contribution in [2.45, 2.75) is 13.0 Å². The zero-order chi connectivity index (χ0) is 9.40. The SMILES string of the molecule is C[C@H](N)c1ccccc1.NC=O. The van der Waals surface area contributed by atoms with E-state index in [1.807, 2.05) is 37.3 Å². The maximum atomic E-state index is 8.58. The van der Waals surface area contributed by atoms with E-state index in [1.54, 1.807) is 0 Å². The molecule has 0 unspecified atom stereocenters. The van der Waals surface area contributed by atoms with Crippen LogP contribution in [0.15, 0.2) is 30.3 Å². The number of carbonyl (C=O) groups excluding carboxylic acids is 1. The maximum Gasteiger partial charge on any atom is 0.204 e. The van der Waals surface area contributed by atoms with Gasteiger partial charge in [0, 0.05) is 6.04 Å². The number of nitrogens with two attached hydrogens (primary N) is 2. The third-order valence-electron chi connectivity index (χ3n) is 1.33. The van der Waals surface area contributed by atoms with Gasteiger partial charge in [-0.05, 0) is 12.5 Å². The molecule has 1 atom stereocenters. The smallest absolute Gasteiger partial charge is 0.204 e. The summed E-state index contributed by atoms with van der Waals surface area (Å²) in [5.74, 6) is 0. The molecule has 0 aromatic heterocycles. The number of hydrogen-bond donors (Lipinski definition) is 2. The molecule has 0 aliphatic heterocycles. The highest BCUT2D eigenvalue weighted by Crippen LogP contribution is 2.06. The predicted octanol–water partition coefficient (Wildman–Crippen LogP) is 0.808. The van der Waals surface area contributed by atoms with E-state index in [0.29, 0.717) is 0 Å². The Labute approximate surface area is 72.4 Å². The first kappa shape index (κ1) is 10.7. The number of carbonyl (C=O) groups is 1. The minimum atomic E-state index is 0.159. The summed E-state index contributed by atoms with van der Waals surface area (Å²) in [6.07, 6.45) is 0.250. The van der Waals surface area contributed by atoms with Gasteiger partial charge in [0.15, 0.2) is 0 Å². The molecule has 0 spiro atoms. The molecule has 0 heterocycles. The Kier molecular flexibility index (Phi) is 5.65. The second kappa shape index (κ2) is 6.37. The van der Waals surface area contributed by atoms with Gasteiger partial charge in [-0.15, -0.1) is 0 Å². The maximum absolute atomic E-state index is 8.58. The highest BCUT2D eigenvalue weighted by atomic mass is 16.1. The van der Waals surface area contributed by atoms with Gasteiger partial charge in [0.05, 0.1) is 0 Å². The van der Waals surface area contributed by atoms with Crippen LogP contribution in [0.5, 0.6) is 0 Å². The summed E-state index contributed by atoms with van der Waals surface area (Å²) in [5, 5.41) is 0. The van der Waals surface area contributed by atoms with Crippen LogP contribution in [0.2, 0.25) is 0 Å². The average Bonchev–Trinajstić information content (AvgIpc) is 2.07. The highest BCUT2D eigenvalue weighted by Gasteiger charge is 1.93. The normalized spacial score (nSPS) is 10.8. The van der Waals surface area contributed by atoms with Crippen molar-refractivity contribution < 1.29 is 4.79 Å². The lowest BCUT2D eigenvalue weighted by Crippen LogP contribution is -2.03. The number of hydrogen-bond acceptors (Lipinski definition) is 2. The molecule has 0 bridgehead atoms. The Morgan fingerprint density at radius 2 is 1.75 bits per heavy atom. The third-order valence-corrected chi connectivity index (χ3v) is 1.33. The van der Waals surface area contributed by atoms with Gasteiger partial charge in [-0.25, -0.2) is 0 Å². The van der Waals surface area contributed by atoms with Gasteiger partial charge in [0.2, 0.25) is 6.41 Å². The van der Waals surface area contributed by atoms with Crippen LogP contribution in [0.3, 0.4) is 0 Å². The van der Waals surface area contributed by atoms with Crippen LogP contribution in [-0.2, 0) is 4.79 Å². The van der Waals surface area contributed by atoms with Crippen molar-refractivity contribution in [3.63, 3.8) is 0 Å². The molecule has 0 aliphatic carbocycles. The monoisotopic (exact) mass is 166 g/mol. The van der Waals surface area contributed by atoms with E-state index in [1.165, 1.54) is 5.56 Å². The molecule has 1 amide bonds. The van der Waals surface area contributed by atoms with Gasteiger partial charge in [-0.3, -0.25) is 4.79 Å². The second-order valence-electron chi connectivity index (χ2n) is 2.34. The average molecular weight is 166 g/mol. The quantitative estimate of drug-likeness (QED) is 0.606. The van der Waals surface area contributed by atoms with Crippen LogP contribution in [0, 0.1) is 0 Å². The molecule has 66 valence electrons. The van der Waals surface area contributed by atoms with Crippen molar-refractivity contribution in [3.05, 3.63) is 35.9 Å². The zero-order valence-electron chi connectivity index (χ0n) is 7.10. The largest absolute Gasteiger partial charge is 0.372 e. The van der Waals surface area contributed by atoms with Crippen molar-refractivity contribution >= 4 is 6.41 Å².